The van der Waals surface area contributed by atoms with E-state index in [1.54, 1.807) is 0 Å². The Morgan fingerprint density at radius 3 is 2.35 bits per heavy atom. The summed E-state index contributed by atoms with van der Waals surface area (Å²) in [7, 11) is 0. The molecule has 2 nitrogen and oxygen atoms in total. The summed E-state index contributed by atoms with van der Waals surface area (Å²) in [4.78, 5) is 15.7. The minimum Gasteiger partial charge on any atom is -0.293 e. The van der Waals surface area contributed by atoms with Crippen molar-refractivity contribution in [1.82, 2.24) is 4.98 Å². The molecule has 2 rings (SSSR count). The SMILES string of the molecule is CC(C)C1CCC(C(=O)c2cnc(C(F)(F)F)s2)CC1. The lowest BCUT2D eigenvalue weighted by Crippen LogP contribution is -2.23. The number of halogens is 3. The summed E-state index contributed by atoms with van der Waals surface area (Å²) < 4.78 is 37.5. The van der Waals surface area contributed by atoms with Crippen molar-refractivity contribution in [3.05, 3.63) is 16.1 Å². The Hall–Kier alpha value is -0.910. The number of rotatable bonds is 3. The topological polar surface area (TPSA) is 30.0 Å². The number of Topliss-reactive ketones (excluding diaryl/α,β-unsaturated/α-hetero) is 1. The first-order valence-electron chi connectivity index (χ1n) is 6.86. The summed E-state index contributed by atoms with van der Waals surface area (Å²) >= 11 is 0.463. The monoisotopic (exact) mass is 305 g/mol. The van der Waals surface area contributed by atoms with Gasteiger partial charge in [-0.1, -0.05) is 13.8 Å². The second kappa shape index (κ2) is 5.84. The number of nitrogens with zero attached hydrogens (tertiary/aromatic N) is 1. The van der Waals surface area contributed by atoms with Gasteiger partial charge < -0.3 is 0 Å². The Kier molecular flexibility index (Phi) is 4.52. The van der Waals surface area contributed by atoms with Gasteiger partial charge >= 0.3 is 6.18 Å². The Balaban J connectivity index is 2.01. The lowest BCUT2D eigenvalue weighted by Gasteiger charge is -2.29. The molecule has 1 saturated carbocycles. The Morgan fingerprint density at radius 1 is 1.30 bits per heavy atom. The van der Waals surface area contributed by atoms with Crippen LogP contribution in [0.25, 0.3) is 0 Å². The fourth-order valence-electron chi connectivity index (χ4n) is 2.77. The average Bonchev–Trinajstić information content (AvgIpc) is 2.87. The molecule has 0 amide bonds. The molecular weight excluding hydrogens is 287 g/mol. The molecule has 6 heteroatoms. The van der Waals surface area contributed by atoms with Gasteiger partial charge in [-0.3, -0.25) is 4.79 Å². The molecule has 0 bridgehead atoms. The number of hydrogen-bond acceptors (Lipinski definition) is 3. The first kappa shape index (κ1) is 15.5. The minimum absolute atomic E-state index is 0.133. The van der Waals surface area contributed by atoms with Crippen LogP contribution in [0.1, 0.15) is 54.2 Å². The van der Waals surface area contributed by atoms with Gasteiger partial charge in [-0.05, 0) is 37.5 Å². The first-order chi connectivity index (χ1) is 9.29. The lowest BCUT2D eigenvalue weighted by molar-refractivity contribution is -0.137. The number of carbonyl (C=O) groups is 1. The van der Waals surface area contributed by atoms with Gasteiger partial charge in [-0.25, -0.2) is 4.98 Å². The first-order valence-corrected chi connectivity index (χ1v) is 7.68. The summed E-state index contributed by atoms with van der Waals surface area (Å²) in [6, 6.07) is 0. The van der Waals surface area contributed by atoms with E-state index in [-0.39, 0.29) is 16.6 Å². The maximum absolute atomic E-state index is 12.5. The van der Waals surface area contributed by atoms with Crippen molar-refractivity contribution in [2.45, 2.75) is 45.7 Å². The molecule has 1 aromatic rings. The van der Waals surface area contributed by atoms with Crippen LogP contribution in [-0.2, 0) is 6.18 Å². The van der Waals surface area contributed by atoms with E-state index >= 15 is 0 Å². The minimum atomic E-state index is -4.46. The largest absolute Gasteiger partial charge is 0.443 e. The molecule has 112 valence electrons. The molecule has 20 heavy (non-hydrogen) atoms. The Morgan fingerprint density at radius 2 is 1.90 bits per heavy atom. The van der Waals surface area contributed by atoms with Crippen molar-refractivity contribution in [2.24, 2.45) is 17.8 Å². The Labute approximate surface area is 120 Å². The molecule has 0 aliphatic heterocycles. The van der Waals surface area contributed by atoms with Crippen molar-refractivity contribution in [1.29, 1.82) is 0 Å². The number of hydrogen-bond donors (Lipinski definition) is 0. The average molecular weight is 305 g/mol. The van der Waals surface area contributed by atoms with Gasteiger partial charge in [0.05, 0.1) is 4.88 Å². The molecule has 0 saturated heterocycles. The van der Waals surface area contributed by atoms with E-state index in [1.165, 1.54) is 0 Å². The van der Waals surface area contributed by atoms with Crippen molar-refractivity contribution in [3.8, 4) is 0 Å². The molecule has 0 radical (unpaired) electrons. The van der Waals surface area contributed by atoms with Gasteiger partial charge in [0.1, 0.15) is 0 Å². The molecular formula is C14H18F3NOS. The second-order valence-electron chi connectivity index (χ2n) is 5.75. The zero-order valence-corrected chi connectivity index (χ0v) is 12.4. The Bertz CT molecular complexity index is 473. The van der Waals surface area contributed by atoms with Crippen LogP contribution >= 0.6 is 11.3 Å². The van der Waals surface area contributed by atoms with Crippen LogP contribution in [0.4, 0.5) is 13.2 Å². The quantitative estimate of drug-likeness (QED) is 0.750. The molecule has 1 heterocycles. The number of carbonyl (C=O) groups excluding carboxylic acids is 1. The smallest absolute Gasteiger partial charge is 0.293 e. The van der Waals surface area contributed by atoms with Crippen molar-refractivity contribution in [2.75, 3.05) is 0 Å². The number of thiazole rings is 1. The standard InChI is InChI=1S/C14H18F3NOS/c1-8(2)9-3-5-10(6-4-9)12(19)11-7-18-13(20-11)14(15,16)17/h7-10H,3-6H2,1-2H3. The van der Waals surface area contributed by atoms with Gasteiger partial charge in [0.2, 0.25) is 0 Å². The van der Waals surface area contributed by atoms with Crippen LogP contribution in [0.3, 0.4) is 0 Å². The molecule has 0 atom stereocenters. The van der Waals surface area contributed by atoms with Crippen LogP contribution in [0.5, 0.6) is 0 Å². The molecule has 0 spiro atoms. The summed E-state index contributed by atoms with van der Waals surface area (Å²) in [6.07, 6.45) is 0.142. The van der Waals surface area contributed by atoms with E-state index in [1.807, 2.05) is 0 Å². The lowest BCUT2D eigenvalue weighted by atomic mass is 9.75. The summed E-state index contributed by atoms with van der Waals surface area (Å²) in [6.45, 7) is 4.34. The maximum atomic E-state index is 12.5. The van der Waals surface area contributed by atoms with E-state index in [2.05, 4.69) is 18.8 Å². The third-order valence-electron chi connectivity index (χ3n) is 4.08. The summed E-state index contributed by atoms with van der Waals surface area (Å²) in [5.41, 5.74) is 0. The maximum Gasteiger partial charge on any atom is 0.443 e. The zero-order valence-electron chi connectivity index (χ0n) is 11.5. The van der Waals surface area contributed by atoms with Crippen LogP contribution in [0, 0.1) is 17.8 Å². The van der Waals surface area contributed by atoms with Gasteiger partial charge in [0.25, 0.3) is 0 Å². The fraction of sp³-hybridized carbons (Fsp3) is 0.714. The zero-order chi connectivity index (χ0) is 14.9. The van der Waals surface area contributed by atoms with Crippen LogP contribution < -0.4 is 0 Å². The van der Waals surface area contributed by atoms with Gasteiger partial charge in [-0.15, -0.1) is 11.3 Å². The van der Waals surface area contributed by atoms with Crippen molar-refractivity contribution >= 4 is 17.1 Å². The summed E-state index contributed by atoms with van der Waals surface area (Å²) in [5, 5.41) is -0.934. The third kappa shape index (κ3) is 3.40. The highest BCUT2D eigenvalue weighted by atomic mass is 32.1. The van der Waals surface area contributed by atoms with Crippen molar-refractivity contribution in [3.63, 3.8) is 0 Å². The van der Waals surface area contributed by atoms with Gasteiger partial charge in [-0.2, -0.15) is 13.2 Å². The van der Waals surface area contributed by atoms with E-state index in [0.29, 0.717) is 23.2 Å². The highest BCUT2D eigenvalue weighted by Gasteiger charge is 2.36. The van der Waals surface area contributed by atoms with E-state index < -0.39 is 11.2 Å². The van der Waals surface area contributed by atoms with Crippen molar-refractivity contribution < 1.29 is 18.0 Å². The molecule has 1 aliphatic carbocycles. The number of ketones is 1. The normalized spacial score (nSPS) is 24.1. The molecule has 0 aromatic carbocycles. The van der Waals surface area contributed by atoms with Crippen LogP contribution in [-0.4, -0.2) is 10.8 Å². The molecule has 1 fully saturated rings. The van der Waals surface area contributed by atoms with E-state index in [0.717, 1.165) is 31.9 Å². The second-order valence-corrected chi connectivity index (χ2v) is 6.78. The third-order valence-corrected chi connectivity index (χ3v) is 5.13. The summed E-state index contributed by atoms with van der Waals surface area (Å²) in [5.74, 6) is 0.935. The fourth-order valence-corrected chi connectivity index (χ4v) is 3.57. The predicted molar refractivity (Wildman–Crippen MR) is 71.7 cm³/mol. The highest BCUT2D eigenvalue weighted by molar-refractivity contribution is 7.13. The predicted octanol–water partition coefficient (Wildman–Crippen LogP) is 4.81. The van der Waals surface area contributed by atoms with Gasteiger partial charge in [0.15, 0.2) is 10.8 Å². The molecule has 0 N–H and O–H groups in total. The van der Waals surface area contributed by atoms with E-state index in [4.69, 9.17) is 0 Å². The number of alkyl halides is 3. The molecule has 0 unspecified atom stereocenters. The van der Waals surface area contributed by atoms with Crippen LogP contribution in [0.2, 0.25) is 0 Å². The molecule has 1 aromatic heterocycles. The van der Waals surface area contributed by atoms with E-state index in [9.17, 15) is 18.0 Å². The highest BCUT2D eigenvalue weighted by Crippen LogP contribution is 2.37. The number of aromatic nitrogens is 1. The molecule has 1 aliphatic rings. The van der Waals surface area contributed by atoms with Crippen LogP contribution in [0.15, 0.2) is 6.20 Å². The van der Waals surface area contributed by atoms with Gasteiger partial charge in [0, 0.05) is 12.1 Å².